The van der Waals surface area contributed by atoms with E-state index in [1.165, 1.54) is 0 Å². The number of carbonyl (C=O) groups is 4. The lowest BCUT2D eigenvalue weighted by molar-refractivity contribution is -0.163. The highest BCUT2D eigenvalue weighted by molar-refractivity contribution is 6.60. The molecule has 0 N–H and O–H groups in total. The summed E-state index contributed by atoms with van der Waals surface area (Å²) in [5, 5.41) is -0.0666. The van der Waals surface area contributed by atoms with Gasteiger partial charge in [0.15, 0.2) is 5.78 Å². The Kier molecular flexibility index (Phi) is 13.2. The molecule has 0 aromatic rings. The lowest BCUT2D eigenvalue weighted by Crippen LogP contribution is -2.40. The van der Waals surface area contributed by atoms with E-state index in [1.54, 1.807) is 41.5 Å². The molecule has 0 amide bonds. The van der Waals surface area contributed by atoms with E-state index in [4.69, 9.17) is 18.0 Å². The summed E-state index contributed by atoms with van der Waals surface area (Å²) in [5.41, 5.74) is 0. The van der Waals surface area contributed by atoms with Crippen molar-refractivity contribution in [3.8, 4) is 0 Å². The minimum absolute atomic E-state index is 0.0000414. The smallest absolute Gasteiger partial charge is 0.476 e. The van der Waals surface area contributed by atoms with Crippen molar-refractivity contribution >= 4 is 38.0 Å². The van der Waals surface area contributed by atoms with Crippen LogP contribution in [0.3, 0.4) is 0 Å². The van der Waals surface area contributed by atoms with E-state index in [0.717, 1.165) is 0 Å². The molecule has 0 fully saturated rings. The molecule has 0 aromatic carbocycles. The van der Waals surface area contributed by atoms with Crippen molar-refractivity contribution < 1.29 is 37.2 Å². The Labute approximate surface area is 165 Å². The quantitative estimate of drug-likeness (QED) is 0.246. The van der Waals surface area contributed by atoms with E-state index in [1.807, 2.05) is 0 Å². The maximum absolute atomic E-state index is 12.6. The van der Waals surface area contributed by atoms with Crippen LogP contribution in [0.5, 0.6) is 0 Å². The maximum atomic E-state index is 12.6. The Morgan fingerprint density at radius 1 is 0.852 bits per heavy atom. The standard InChI is InChI=1S/C9H15O4.C6H9O3.C3H7O.Al/c1-5-12-9(11)8(7(4)10)13-6(2)3;1-3-9-6(8)4-5(2)7;1-3(2)4;/h6,8H,4-5H2,1-3H3;2-4H2,1H3;3H,1-2H3;/q;;-1;+1. The summed E-state index contributed by atoms with van der Waals surface area (Å²) in [5.74, 6) is -2.15. The average Bonchev–Trinajstić information content (AvgIpc) is 2.51. The first kappa shape index (κ1) is 25.7. The molecule has 154 valence electrons. The largest absolute Gasteiger partial charge is 0.498 e. The van der Waals surface area contributed by atoms with Gasteiger partial charge in [-0.25, -0.2) is 4.79 Å². The predicted molar refractivity (Wildman–Crippen MR) is 99.5 cm³/mol. The highest BCUT2D eigenvalue weighted by Crippen LogP contribution is 2.13. The van der Waals surface area contributed by atoms with Crippen LogP contribution >= 0.6 is 0 Å². The first-order chi connectivity index (χ1) is 12.6. The van der Waals surface area contributed by atoms with Gasteiger partial charge in [0.1, 0.15) is 12.2 Å². The van der Waals surface area contributed by atoms with Crippen molar-refractivity contribution in [3.63, 3.8) is 0 Å². The van der Waals surface area contributed by atoms with E-state index in [9.17, 15) is 19.2 Å². The van der Waals surface area contributed by atoms with Crippen LogP contribution in [0, 0.1) is 0 Å². The van der Waals surface area contributed by atoms with Crippen LogP contribution in [0.15, 0.2) is 0 Å². The minimum atomic E-state index is -2.34. The van der Waals surface area contributed by atoms with Crippen molar-refractivity contribution in [2.75, 3.05) is 13.2 Å². The summed E-state index contributed by atoms with van der Waals surface area (Å²) < 4.78 is 20.9. The van der Waals surface area contributed by atoms with Gasteiger partial charge in [-0.05, 0) is 52.1 Å². The first-order valence-electron chi connectivity index (χ1n) is 9.28. The monoisotopic (exact) mass is 402 g/mol. The van der Waals surface area contributed by atoms with Gasteiger partial charge in [0.05, 0.1) is 19.3 Å². The third kappa shape index (κ3) is 11.9. The normalized spacial score (nSPS) is 12.0. The molecule has 0 heterocycles. The van der Waals surface area contributed by atoms with Crippen LogP contribution < -0.4 is 0 Å². The lowest BCUT2D eigenvalue weighted by atomic mass is 10.2. The Morgan fingerprint density at radius 3 is 1.93 bits per heavy atom. The summed E-state index contributed by atoms with van der Waals surface area (Å²) in [7, 11) is 0. The van der Waals surface area contributed by atoms with Crippen LogP contribution in [0.4, 0.5) is 0 Å². The molecule has 0 rings (SSSR count). The molecule has 0 saturated heterocycles. The van der Waals surface area contributed by atoms with E-state index in [2.05, 4.69) is 0 Å². The number of ketones is 2. The highest BCUT2D eigenvalue weighted by Gasteiger charge is 2.36. The summed E-state index contributed by atoms with van der Waals surface area (Å²) in [4.78, 5) is 48.2. The molecule has 0 aromatic heterocycles. The van der Waals surface area contributed by atoms with Crippen LogP contribution in [0.2, 0.25) is 10.6 Å². The number of carbonyl (C=O) groups excluding carboxylic acids is 4. The van der Waals surface area contributed by atoms with Gasteiger partial charge in [0, 0.05) is 6.10 Å². The van der Waals surface area contributed by atoms with Gasteiger partial charge >= 0.3 is 26.4 Å². The van der Waals surface area contributed by atoms with Crippen LogP contribution in [-0.4, -0.2) is 69.5 Å². The van der Waals surface area contributed by atoms with Crippen LogP contribution in [-0.2, 0) is 37.2 Å². The van der Waals surface area contributed by atoms with Gasteiger partial charge in [-0.1, -0.05) is 0 Å². The zero-order valence-electron chi connectivity index (χ0n) is 17.1. The lowest BCUT2D eigenvalue weighted by Gasteiger charge is -2.20. The molecule has 0 saturated carbocycles. The molecule has 8 nitrogen and oxygen atoms in total. The minimum Gasteiger partial charge on any atom is -0.498 e. The summed E-state index contributed by atoms with van der Waals surface area (Å²) >= 11 is -2.34. The van der Waals surface area contributed by atoms with Gasteiger partial charge in [0.2, 0.25) is 6.10 Å². The first-order valence-corrected chi connectivity index (χ1v) is 11.4. The van der Waals surface area contributed by atoms with E-state index in [-0.39, 0.29) is 48.2 Å². The van der Waals surface area contributed by atoms with Gasteiger partial charge < -0.3 is 22.8 Å². The van der Waals surface area contributed by atoms with Crippen molar-refractivity contribution in [1.29, 1.82) is 0 Å². The fraction of sp³-hybridized carbons (Fsp3) is 0.778. The molecule has 1 atom stereocenters. The maximum Gasteiger partial charge on any atom is 0.476 e. The van der Waals surface area contributed by atoms with Gasteiger partial charge in [-0.2, -0.15) is 0 Å². The molecule has 0 spiro atoms. The molecule has 0 aliphatic heterocycles. The third-order valence-electron chi connectivity index (χ3n) is 3.20. The molecule has 9 heteroatoms. The Balaban J connectivity index is 5.06. The molecule has 27 heavy (non-hydrogen) atoms. The van der Waals surface area contributed by atoms with Crippen molar-refractivity contribution in [2.45, 2.75) is 76.8 Å². The summed E-state index contributed by atoms with van der Waals surface area (Å²) in [6, 6.07) is 0. The van der Waals surface area contributed by atoms with Crippen molar-refractivity contribution in [2.24, 2.45) is 0 Å². The average molecular weight is 402 g/mol. The number of hydrogen-bond donors (Lipinski definition) is 0. The second kappa shape index (κ2) is 13.8. The molecule has 0 radical (unpaired) electrons. The van der Waals surface area contributed by atoms with Crippen molar-refractivity contribution in [1.82, 2.24) is 0 Å². The number of rotatable bonds is 14. The Bertz CT molecular complexity index is 504. The summed E-state index contributed by atoms with van der Waals surface area (Å²) in [6.07, 6.45) is -2.22. The predicted octanol–water partition coefficient (Wildman–Crippen LogP) is 1.85. The zero-order valence-corrected chi connectivity index (χ0v) is 18.3. The molecule has 0 aliphatic rings. The van der Waals surface area contributed by atoms with Crippen LogP contribution in [0.25, 0.3) is 0 Å². The summed E-state index contributed by atoms with van der Waals surface area (Å²) in [6.45, 7) is 10.6. The van der Waals surface area contributed by atoms with E-state index >= 15 is 0 Å². The zero-order chi connectivity index (χ0) is 21.0. The van der Waals surface area contributed by atoms with Gasteiger partial charge in [0.25, 0.3) is 0 Å². The van der Waals surface area contributed by atoms with Gasteiger partial charge in [-0.3, -0.25) is 9.59 Å². The fourth-order valence-corrected chi connectivity index (χ4v) is 4.76. The second-order valence-electron chi connectivity index (χ2n) is 6.52. The molecule has 0 aliphatic carbocycles. The molecular formula is C18H31AlO8. The SMILES string of the molecule is CCOC(=O)CC(=O)[CH2][Al]([CH2]C(=O)C(OC(C)C)C(=O)OCC)[O]C(C)C. The van der Waals surface area contributed by atoms with Crippen LogP contribution in [0.1, 0.15) is 48.0 Å². The molecule has 1 unspecified atom stereocenters. The van der Waals surface area contributed by atoms with E-state index in [0.29, 0.717) is 0 Å². The van der Waals surface area contributed by atoms with Crippen molar-refractivity contribution in [3.05, 3.63) is 0 Å². The fourth-order valence-electron chi connectivity index (χ4n) is 2.34. The second-order valence-corrected chi connectivity index (χ2v) is 8.85. The topological polar surface area (TPSA) is 105 Å². The third-order valence-corrected chi connectivity index (χ3v) is 5.89. The molecular weight excluding hydrogens is 371 g/mol. The highest BCUT2D eigenvalue weighted by atomic mass is 27.2. The Morgan fingerprint density at radius 2 is 1.44 bits per heavy atom. The van der Waals surface area contributed by atoms with Gasteiger partial charge in [-0.15, -0.1) is 0 Å². The number of esters is 2. The number of ether oxygens (including phenoxy) is 3. The number of Topliss-reactive ketones (excluding diaryl/α,β-unsaturated/α-hetero) is 2. The number of hydrogen-bond acceptors (Lipinski definition) is 8. The Hall–Kier alpha value is -1.27. The molecule has 0 bridgehead atoms. The van der Waals surface area contributed by atoms with E-state index < -0.39 is 38.3 Å².